The van der Waals surface area contributed by atoms with E-state index in [0.717, 1.165) is 32.1 Å². The summed E-state index contributed by atoms with van der Waals surface area (Å²) in [7, 11) is 0. The SMILES string of the molecule is C=C/C=C\CC.CC.CCCOC(=O)[C@]1(C)CCCCC1(C)C. The van der Waals surface area contributed by atoms with Gasteiger partial charge in [-0.1, -0.05) is 79.2 Å². The summed E-state index contributed by atoms with van der Waals surface area (Å²) >= 11 is 0. The molecular formula is C21H40O2. The maximum absolute atomic E-state index is 12.1. The number of carbonyl (C=O) groups is 1. The molecule has 1 atom stereocenters. The van der Waals surface area contributed by atoms with E-state index in [1.54, 1.807) is 6.08 Å². The van der Waals surface area contributed by atoms with Gasteiger partial charge in [0.25, 0.3) is 0 Å². The van der Waals surface area contributed by atoms with E-state index in [-0.39, 0.29) is 16.8 Å². The van der Waals surface area contributed by atoms with Crippen LogP contribution in [0.3, 0.4) is 0 Å². The van der Waals surface area contributed by atoms with Crippen LogP contribution in [0.2, 0.25) is 0 Å². The number of hydrogen-bond donors (Lipinski definition) is 0. The van der Waals surface area contributed by atoms with Crippen molar-refractivity contribution in [1.82, 2.24) is 0 Å². The normalized spacial score (nSPS) is 22.2. The predicted octanol–water partition coefficient (Wildman–Crippen LogP) is 6.71. The highest BCUT2D eigenvalue weighted by molar-refractivity contribution is 5.77. The van der Waals surface area contributed by atoms with E-state index in [4.69, 9.17) is 4.74 Å². The molecule has 1 fully saturated rings. The van der Waals surface area contributed by atoms with Crippen molar-refractivity contribution in [3.8, 4) is 0 Å². The molecule has 2 heteroatoms. The molecule has 0 N–H and O–H groups in total. The lowest BCUT2D eigenvalue weighted by atomic mass is 9.59. The minimum Gasteiger partial charge on any atom is -0.465 e. The van der Waals surface area contributed by atoms with Crippen molar-refractivity contribution in [2.45, 2.75) is 87.0 Å². The third kappa shape index (κ3) is 8.39. The lowest BCUT2D eigenvalue weighted by Gasteiger charge is -2.45. The number of rotatable bonds is 5. The van der Waals surface area contributed by atoms with Crippen LogP contribution in [0.1, 0.15) is 87.0 Å². The average molecular weight is 325 g/mol. The van der Waals surface area contributed by atoms with Gasteiger partial charge in [-0.15, -0.1) is 0 Å². The summed E-state index contributed by atoms with van der Waals surface area (Å²) < 4.78 is 5.33. The zero-order valence-corrected chi connectivity index (χ0v) is 16.7. The summed E-state index contributed by atoms with van der Waals surface area (Å²) in [5.41, 5.74) is -0.198. The maximum Gasteiger partial charge on any atom is 0.312 e. The van der Waals surface area contributed by atoms with E-state index in [0.29, 0.717) is 6.61 Å². The van der Waals surface area contributed by atoms with Gasteiger partial charge in [-0.05, 0) is 38.0 Å². The summed E-state index contributed by atoms with van der Waals surface area (Å²) in [5.74, 6) is 0.00838. The van der Waals surface area contributed by atoms with Crippen LogP contribution in [0.4, 0.5) is 0 Å². The van der Waals surface area contributed by atoms with Crippen LogP contribution < -0.4 is 0 Å². The topological polar surface area (TPSA) is 26.3 Å². The van der Waals surface area contributed by atoms with Gasteiger partial charge < -0.3 is 4.74 Å². The molecule has 0 spiro atoms. The molecule has 23 heavy (non-hydrogen) atoms. The van der Waals surface area contributed by atoms with Crippen molar-refractivity contribution < 1.29 is 9.53 Å². The highest BCUT2D eigenvalue weighted by atomic mass is 16.5. The van der Waals surface area contributed by atoms with Gasteiger partial charge >= 0.3 is 5.97 Å². The quantitative estimate of drug-likeness (QED) is 0.415. The standard InChI is InChI=1S/C13H24O2.C6H10.C2H6/c1-5-10-15-11(14)13(4)9-7-6-8-12(13,2)3;1-3-5-6-4-2;1-2/h5-10H2,1-4H3;3,5-6H,1,4H2,2H3;1-2H3/b;6-5-;/t13-;;/m0../s1. The first-order valence-electron chi connectivity index (χ1n) is 9.30. The monoisotopic (exact) mass is 324 g/mol. The Morgan fingerprint density at radius 3 is 2.09 bits per heavy atom. The summed E-state index contributed by atoms with van der Waals surface area (Å²) in [6.45, 7) is 18.7. The lowest BCUT2D eigenvalue weighted by Crippen LogP contribution is -2.45. The Bertz CT molecular complexity index is 342. The van der Waals surface area contributed by atoms with Gasteiger partial charge in [-0.3, -0.25) is 4.79 Å². The van der Waals surface area contributed by atoms with Crippen molar-refractivity contribution in [2.24, 2.45) is 10.8 Å². The fourth-order valence-electron chi connectivity index (χ4n) is 2.62. The number of carbonyl (C=O) groups excluding carboxylic acids is 1. The average Bonchev–Trinajstić information content (AvgIpc) is 2.55. The van der Waals surface area contributed by atoms with E-state index in [9.17, 15) is 4.79 Å². The number of esters is 1. The zero-order valence-electron chi connectivity index (χ0n) is 16.7. The van der Waals surface area contributed by atoms with E-state index in [2.05, 4.69) is 40.3 Å². The highest BCUT2D eigenvalue weighted by Crippen LogP contribution is 2.50. The van der Waals surface area contributed by atoms with Crippen molar-refractivity contribution in [3.63, 3.8) is 0 Å². The number of ether oxygens (including phenoxy) is 1. The Hall–Kier alpha value is -1.05. The summed E-state index contributed by atoms with van der Waals surface area (Å²) in [4.78, 5) is 12.1. The molecule has 0 aromatic rings. The van der Waals surface area contributed by atoms with Crippen LogP contribution in [-0.4, -0.2) is 12.6 Å². The second kappa shape index (κ2) is 13.4. The largest absolute Gasteiger partial charge is 0.465 e. The molecule has 1 rings (SSSR count). The molecule has 0 heterocycles. The van der Waals surface area contributed by atoms with Gasteiger partial charge in [-0.2, -0.15) is 0 Å². The zero-order chi connectivity index (χ0) is 18.4. The molecule has 0 aromatic heterocycles. The van der Waals surface area contributed by atoms with Crippen LogP contribution in [0.5, 0.6) is 0 Å². The van der Waals surface area contributed by atoms with Crippen LogP contribution in [0.25, 0.3) is 0 Å². The Labute approximate surface area is 145 Å². The molecule has 1 aliphatic rings. The summed E-state index contributed by atoms with van der Waals surface area (Å²) in [5, 5.41) is 0. The molecule has 136 valence electrons. The van der Waals surface area contributed by atoms with Crippen molar-refractivity contribution in [3.05, 3.63) is 24.8 Å². The van der Waals surface area contributed by atoms with Crippen LogP contribution in [0, 0.1) is 10.8 Å². The van der Waals surface area contributed by atoms with Gasteiger partial charge in [0.05, 0.1) is 12.0 Å². The number of hydrogen-bond acceptors (Lipinski definition) is 2. The smallest absolute Gasteiger partial charge is 0.312 e. The minimum atomic E-state index is -0.277. The van der Waals surface area contributed by atoms with Gasteiger partial charge in [-0.25, -0.2) is 0 Å². The van der Waals surface area contributed by atoms with E-state index < -0.39 is 0 Å². The molecular weight excluding hydrogens is 284 g/mol. The lowest BCUT2D eigenvalue weighted by molar-refractivity contribution is -0.166. The molecule has 2 nitrogen and oxygen atoms in total. The maximum atomic E-state index is 12.1. The highest BCUT2D eigenvalue weighted by Gasteiger charge is 2.49. The van der Waals surface area contributed by atoms with E-state index in [1.165, 1.54) is 6.42 Å². The fraction of sp³-hybridized carbons (Fsp3) is 0.762. The third-order valence-electron chi connectivity index (χ3n) is 4.62. The molecule has 0 bridgehead atoms. The summed E-state index contributed by atoms with van der Waals surface area (Å²) in [6, 6.07) is 0. The Morgan fingerprint density at radius 2 is 1.70 bits per heavy atom. The molecule has 0 amide bonds. The molecule has 0 radical (unpaired) electrons. The van der Waals surface area contributed by atoms with Crippen molar-refractivity contribution in [2.75, 3.05) is 6.61 Å². The third-order valence-corrected chi connectivity index (χ3v) is 4.62. The minimum absolute atomic E-state index is 0.00838. The summed E-state index contributed by atoms with van der Waals surface area (Å²) in [6.07, 6.45) is 12.3. The second-order valence-electron chi connectivity index (χ2n) is 6.63. The van der Waals surface area contributed by atoms with Gasteiger partial charge in [0.2, 0.25) is 0 Å². The molecule has 1 aliphatic carbocycles. The first kappa shape index (κ1) is 24.2. The Balaban J connectivity index is 0. The predicted molar refractivity (Wildman–Crippen MR) is 103 cm³/mol. The van der Waals surface area contributed by atoms with Gasteiger partial charge in [0.15, 0.2) is 0 Å². The van der Waals surface area contributed by atoms with E-state index >= 15 is 0 Å². The Kier molecular flexibility index (Phi) is 14.1. The molecule has 0 aromatic carbocycles. The molecule has 0 saturated heterocycles. The molecule has 1 saturated carbocycles. The fourth-order valence-corrected chi connectivity index (χ4v) is 2.62. The molecule has 0 unspecified atom stereocenters. The van der Waals surface area contributed by atoms with Crippen molar-refractivity contribution >= 4 is 5.97 Å². The number of allylic oxidation sites excluding steroid dienone is 3. The first-order chi connectivity index (χ1) is 10.9. The second-order valence-corrected chi connectivity index (χ2v) is 6.63. The van der Waals surface area contributed by atoms with Crippen LogP contribution in [0.15, 0.2) is 24.8 Å². The van der Waals surface area contributed by atoms with E-state index in [1.807, 2.05) is 26.8 Å². The first-order valence-corrected chi connectivity index (χ1v) is 9.30. The van der Waals surface area contributed by atoms with Crippen molar-refractivity contribution in [1.29, 1.82) is 0 Å². The van der Waals surface area contributed by atoms with Crippen LogP contribution >= 0.6 is 0 Å². The molecule has 0 aliphatic heterocycles. The van der Waals surface area contributed by atoms with Crippen LogP contribution in [-0.2, 0) is 9.53 Å². The van der Waals surface area contributed by atoms with Gasteiger partial charge in [0, 0.05) is 0 Å². The Morgan fingerprint density at radius 1 is 1.13 bits per heavy atom. The van der Waals surface area contributed by atoms with Gasteiger partial charge in [0.1, 0.15) is 0 Å².